The molecule has 1 aliphatic rings. The number of aromatic nitrogens is 1. The Morgan fingerprint density at radius 1 is 1.35 bits per heavy atom. The van der Waals surface area contributed by atoms with E-state index < -0.39 is 21.9 Å². The van der Waals surface area contributed by atoms with Gasteiger partial charge in [0.05, 0.1) is 5.02 Å². The summed E-state index contributed by atoms with van der Waals surface area (Å²) in [6, 6.07) is 7.36. The van der Waals surface area contributed by atoms with Crippen LogP contribution in [-0.2, 0) is 21.4 Å². The van der Waals surface area contributed by atoms with Crippen LogP contribution in [-0.4, -0.2) is 42.9 Å². The third-order valence-corrected chi connectivity index (χ3v) is 7.43. The van der Waals surface area contributed by atoms with E-state index in [0.29, 0.717) is 24.7 Å². The molecule has 2 aromatic rings. The Morgan fingerprint density at radius 2 is 2.06 bits per heavy atom. The number of piperidine rings is 1. The largest absolute Gasteiger partial charge is 0.341 e. The molecule has 1 unspecified atom stereocenters. The summed E-state index contributed by atoms with van der Waals surface area (Å²) in [5.74, 6) is -0.467. The van der Waals surface area contributed by atoms with Gasteiger partial charge < -0.3 is 9.47 Å². The standard InChI is InChI=1S/C21H24ClFN4O3S/c1-15-6-10-27(11-7-15)21(28)19(8-12-26-9-2-3-17(26)14-24)25-31(29,30)20-5-4-16(23)13-18(20)22/h2-5,9,13,15,19,25H,6-8,10-12H2,1H3. The van der Waals surface area contributed by atoms with Gasteiger partial charge in [-0.25, -0.2) is 12.8 Å². The van der Waals surface area contributed by atoms with Crippen molar-refractivity contribution in [3.05, 3.63) is 53.1 Å². The molecule has 0 saturated carbocycles. The van der Waals surface area contributed by atoms with Crippen LogP contribution in [0.2, 0.25) is 5.02 Å². The maximum Gasteiger partial charge on any atom is 0.242 e. The van der Waals surface area contributed by atoms with Gasteiger partial charge in [0.15, 0.2) is 0 Å². The van der Waals surface area contributed by atoms with Gasteiger partial charge in [0.1, 0.15) is 28.5 Å². The fourth-order valence-electron chi connectivity index (χ4n) is 3.60. The van der Waals surface area contributed by atoms with Crippen LogP contribution in [0.25, 0.3) is 0 Å². The van der Waals surface area contributed by atoms with Gasteiger partial charge in [-0.15, -0.1) is 0 Å². The predicted molar refractivity (Wildman–Crippen MR) is 114 cm³/mol. The van der Waals surface area contributed by atoms with Crippen molar-refractivity contribution in [3.8, 4) is 6.07 Å². The van der Waals surface area contributed by atoms with E-state index >= 15 is 0 Å². The minimum Gasteiger partial charge on any atom is -0.341 e. The minimum absolute atomic E-state index is 0.145. The average molecular weight is 467 g/mol. The van der Waals surface area contributed by atoms with Gasteiger partial charge in [-0.05, 0) is 55.5 Å². The van der Waals surface area contributed by atoms with Crippen LogP contribution in [0.1, 0.15) is 31.9 Å². The molecule has 2 heterocycles. The van der Waals surface area contributed by atoms with Crippen molar-refractivity contribution >= 4 is 27.5 Å². The minimum atomic E-state index is -4.18. The second-order valence-corrected chi connectivity index (χ2v) is 9.83. The van der Waals surface area contributed by atoms with E-state index in [4.69, 9.17) is 11.6 Å². The summed E-state index contributed by atoms with van der Waals surface area (Å²) in [6.45, 7) is 3.51. The second kappa shape index (κ2) is 9.81. The molecule has 0 spiro atoms. The van der Waals surface area contributed by atoms with Crippen LogP contribution in [0, 0.1) is 23.1 Å². The molecule has 3 rings (SSSR count). The summed E-state index contributed by atoms with van der Waals surface area (Å²) in [5.41, 5.74) is 0.419. The molecule has 0 aliphatic carbocycles. The van der Waals surface area contributed by atoms with Crippen molar-refractivity contribution < 1.29 is 17.6 Å². The van der Waals surface area contributed by atoms with Crippen LogP contribution in [0.4, 0.5) is 4.39 Å². The Bertz CT molecular complexity index is 1090. The summed E-state index contributed by atoms with van der Waals surface area (Å²) in [4.78, 5) is 14.6. The van der Waals surface area contributed by atoms with E-state index in [0.717, 1.165) is 31.0 Å². The Kier molecular flexibility index (Phi) is 7.36. The molecule has 0 bridgehead atoms. The maximum absolute atomic E-state index is 13.4. The average Bonchev–Trinajstić information content (AvgIpc) is 3.18. The zero-order chi connectivity index (χ0) is 22.6. The number of benzene rings is 1. The number of likely N-dealkylation sites (tertiary alicyclic amines) is 1. The second-order valence-electron chi connectivity index (χ2n) is 7.74. The van der Waals surface area contributed by atoms with E-state index in [1.54, 1.807) is 27.8 Å². The van der Waals surface area contributed by atoms with E-state index in [1.807, 2.05) is 0 Å². The summed E-state index contributed by atoms with van der Waals surface area (Å²) >= 11 is 5.94. The number of nitriles is 1. The van der Waals surface area contributed by atoms with Crippen LogP contribution >= 0.6 is 11.6 Å². The molecule has 1 atom stereocenters. The number of carbonyl (C=O) groups is 1. The topological polar surface area (TPSA) is 95.2 Å². The predicted octanol–water partition coefficient (Wildman–Crippen LogP) is 3.15. The smallest absolute Gasteiger partial charge is 0.242 e. The summed E-state index contributed by atoms with van der Waals surface area (Å²) < 4.78 is 43.4. The third kappa shape index (κ3) is 5.64. The van der Waals surface area contributed by atoms with Crippen molar-refractivity contribution in [2.24, 2.45) is 5.92 Å². The SMILES string of the molecule is CC1CCN(C(=O)C(CCn2cccc2C#N)NS(=O)(=O)c2ccc(F)cc2Cl)CC1. The zero-order valence-corrected chi connectivity index (χ0v) is 18.7. The fourth-order valence-corrected chi connectivity index (χ4v) is 5.36. The van der Waals surface area contributed by atoms with Gasteiger partial charge >= 0.3 is 0 Å². The van der Waals surface area contributed by atoms with Gasteiger partial charge in [-0.2, -0.15) is 9.98 Å². The number of nitrogens with zero attached hydrogens (tertiary/aromatic N) is 3. The monoisotopic (exact) mass is 466 g/mol. The number of carbonyl (C=O) groups excluding carboxylic acids is 1. The van der Waals surface area contributed by atoms with Crippen molar-refractivity contribution in [3.63, 3.8) is 0 Å². The lowest BCUT2D eigenvalue weighted by atomic mass is 9.98. The quantitative estimate of drug-likeness (QED) is 0.678. The van der Waals surface area contributed by atoms with Gasteiger partial charge in [-0.3, -0.25) is 4.79 Å². The highest BCUT2D eigenvalue weighted by molar-refractivity contribution is 7.89. The first-order valence-electron chi connectivity index (χ1n) is 10.0. The van der Waals surface area contributed by atoms with Gasteiger partial charge in [0, 0.05) is 25.8 Å². The fraction of sp³-hybridized carbons (Fsp3) is 0.429. The molecule has 31 heavy (non-hydrogen) atoms. The molecule has 166 valence electrons. The van der Waals surface area contributed by atoms with Crippen LogP contribution < -0.4 is 4.72 Å². The number of halogens is 2. The Hall–Kier alpha value is -2.41. The van der Waals surface area contributed by atoms with E-state index in [-0.39, 0.29) is 28.8 Å². The summed E-state index contributed by atoms with van der Waals surface area (Å²) in [7, 11) is -4.18. The first-order chi connectivity index (χ1) is 14.7. The Morgan fingerprint density at radius 3 is 2.71 bits per heavy atom. The molecule has 0 radical (unpaired) electrons. The van der Waals surface area contributed by atoms with Crippen LogP contribution in [0.3, 0.4) is 0 Å². The molecular formula is C21H24ClFN4O3S. The molecule has 1 saturated heterocycles. The number of hydrogen-bond acceptors (Lipinski definition) is 4. The molecule has 10 heteroatoms. The molecule has 1 fully saturated rings. The molecule has 1 aromatic carbocycles. The lowest BCUT2D eigenvalue weighted by Gasteiger charge is -2.33. The van der Waals surface area contributed by atoms with Crippen LogP contribution in [0.15, 0.2) is 41.4 Å². The van der Waals surface area contributed by atoms with Crippen molar-refractivity contribution in [2.75, 3.05) is 13.1 Å². The van der Waals surface area contributed by atoms with Crippen molar-refractivity contribution in [2.45, 2.75) is 43.7 Å². The van der Waals surface area contributed by atoms with E-state index in [1.165, 1.54) is 0 Å². The van der Waals surface area contributed by atoms with Crippen LogP contribution in [0.5, 0.6) is 0 Å². The normalized spacial score (nSPS) is 16.1. The van der Waals surface area contributed by atoms with Gasteiger partial charge in [0.2, 0.25) is 15.9 Å². The number of hydrogen-bond donors (Lipinski definition) is 1. The van der Waals surface area contributed by atoms with Gasteiger partial charge in [-0.1, -0.05) is 18.5 Å². The number of amides is 1. The van der Waals surface area contributed by atoms with E-state index in [9.17, 15) is 22.9 Å². The van der Waals surface area contributed by atoms with E-state index in [2.05, 4.69) is 17.7 Å². The number of nitrogens with one attached hydrogen (secondary N) is 1. The molecule has 1 amide bonds. The number of rotatable bonds is 7. The highest BCUT2D eigenvalue weighted by Gasteiger charge is 2.31. The molecule has 1 aliphatic heterocycles. The summed E-state index contributed by atoms with van der Waals surface area (Å²) in [6.07, 6.45) is 3.55. The maximum atomic E-state index is 13.4. The van der Waals surface area contributed by atoms with Crippen molar-refractivity contribution in [1.82, 2.24) is 14.2 Å². The zero-order valence-electron chi connectivity index (χ0n) is 17.1. The lowest BCUT2D eigenvalue weighted by molar-refractivity contribution is -0.134. The Balaban J connectivity index is 1.83. The lowest BCUT2D eigenvalue weighted by Crippen LogP contribution is -2.51. The first kappa shape index (κ1) is 23.3. The number of aryl methyl sites for hydroxylation is 1. The highest BCUT2D eigenvalue weighted by atomic mass is 35.5. The summed E-state index contributed by atoms with van der Waals surface area (Å²) in [5, 5.41) is 8.93. The number of sulfonamides is 1. The van der Waals surface area contributed by atoms with Crippen molar-refractivity contribution in [1.29, 1.82) is 5.26 Å². The molecule has 1 N–H and O–H groups in total. The third-order valence-electron chi connectivity index (χ3n) is 5.48. The first-order valence-corrected chi connectivity index (χ1v) is 11.9. The molecular weight excluding hydrogens is 443 g/mol. The molecule has 7 nitrogen and oxygen atoms in total. The van der Waals surface area contributed by atoms with Gasteiger partial charge in [0.25, 0.3) is 0 Å². The molecule has 1 aromatic heterocycles. The Labute approximate surface area is 186 Å². The highest BCUT2D eigenvalue weighted by Crippen LogP contribution is 2.23.